The number of rotatable bonds is 2. The monoisotopic (exact) mass is 438 g/mol. The minimum absolute atomic E-state index is 0.251. The molecular formula is C20H20Cl2N2OS2. The van der Waals surface area contributed by atoms with Crippen molar-refractivity contribution in [3.63, 3.8) is 0 Å². The number of fused-ring (bicyclic) bond motifs is 1. The molecule has 0 atom stereocenters. The summed E-state index contributed by atoms with van der Waals surface area (Å²) in [6.07, 6.45) is 6.66. The van der Waals surface area contributed by atoms with E-state index in [1.165, 1.54) is 43.4 Å². The van der Waals surface area contributed by atoms with E-state index in [4.69, 9.17) is 35.4 Å². The molecule has 1 heterocycles. The SMILES string of the molecule is O=C(NC(=S)NC1C2CC3CC(C2)CC1C3)c1sc2cc(Cl)ccc2c1Cl. The van der Waals surface area contributed by atoms with Gasteiger partial charge < -0.3 is 5.32 Å². The van der Waals surface area contributed by atoms with Gasteiger partial charge in [0.2, 0.25) is 0 Å². The molecule has 2 N–H and O–H groups in total. The summed E-state index contributed by atoms with van der Waals surface area (Å²) in [5.41, 5.74) is 0. The van der Waals surface area contributed by atoms with Crippen LogP contribution in [0.4, 0.5) is 0 Å². The van der Waals surface area contributed by atoms with Gasteiger partial charge in [-0.3, -0.25) is 10.1 Å². The molecule has 0 aliphatic heterocycles. The lowest BCUT2D eigenvalue weighted by Gasteiger charge is -2.54. The van der Waals surface area contributed by atoms with Crippen LogP contribution in [0, 0.1) is 23.7 Å². The summed E-state index contributed by atoms with van der Waals surface area (Å²) in [5, 5.41) is 8.67. The molecular weight excluding hydrogens is 419 g/mol. The van der Waals surface area contributed by atoms with Crippen LogP contribution in [0.2, 0.25) is 10.0 Å². The molecule has 3 nitrogen and oxygen atoms in total. The fraction of sp³-hybridized carbons (Fsp3) is 0.500. The molecule has 2 aromatic rings. The molecule has 27 heavy (non-hydrogen) atoms. The van der Waals surface area contributed by atoms with Crippen LogP contribution < -0.4 is 10.6 Å². The van der Waals surface area contributed by atoms with Crippen molar-refractivity contribution in [1.29, 1.82) is 0 Å². The first kappa shape index (κ1) is 18.2. The van der Waals surface area contributed by atoms with Crippen LogP contribution in [-0.2, 0) is 0 Å². The second-order valence-electron chi connectivity index (χ2n) is 8.27. The van der Waals surface area contributed by atoms with Crippen molar-refractivity contribution in [3.8, 4) is 0 Å². The minimum Gasteiger partial charge on any atom is -0.359 e. The van der Waals surface area contributed by atoms with Gasteiger partial charge in [-0.15, -0.1) is 11.3 Å². The second kappa shape index (κ2) is 6.87. The van der Waals surface area contributed by atoms with Crippen LogP contribution in [-0.4, -0.2) is 17.1 Å². The highest BCUT2D eigenvalue weighted by molar-refractivity contribution is 7.80. The Labute approximate surface area is 177 Å². The third-order valence-electron chi connectivity index (χ3n) is 6.55. The van der Waals surface area contributed by atoms with E-state index < -0.39 is 0 Å². The standard InChI is InChI=1S/C20H20Cl2N2OS2/c21-13-1-2-14-15(8-13)27-18(16(14)22)19(25)24-20(26)23-17-11-4-9-3-10(6-11)7-12(17)5-9/h1-2,8-12,17H,3-7H2,(H2,23,24,25,26). The molecule has 1 aromatic heterocycles. The van der Waals surface area contributed by atoms with Crippen molar-refractivity contribution in [1.82, 2.24) is 10.6 Å². The van der Waals surface area contributed by atoms with Crippen LogP contribution in [0.5, 0.6) is 0 Å². The predicted molar refractivity (Wildman–Crippen MR) is 116 cm³/mol. The first-order valence-corrected chi connectivity index (χ1v) is 11.5. The maximum absolute atomic E-state index is 12.7. The van der Waals surface area contributed by atoms with Gasteiger partial charge in [-0.25, -0.2) is 0 Å². The fourth-order valence-electron chi connectivity index (χ4n) is 5.69. The van der Waals surface area contributed by atoms with Gasteiger partial charge in [-0.05, 0) is 80.1 Å². The largest absolute Gasteiger partial charge is 0.359 e. The Balaban J connectivity index is 1.29. The Morgan fingerprint density at radius 2 is 1.74 bits per heavy atom. The number of thiophene rings is 1. The minimum atomic E-state index is -0.251. The van der Waals surface area contributed by atoms with Gasteiger partial charge >= 0.3 is 0 Å². The number of halogens is 2. The zero-order valence-corrected chi connectivity index (χ0v) is 17.8. The van der Waals surface area contributed by atoms with Crippen LogP contribution in [0.25, 0.3) is 10.1 Å². The zero-order chi connectivity index (χ0) is 18.7. The van der Waals surface area contributed by atoms with E-state index in [0.29, 0.717) is 37.9 Å². The highest BCUT2D eigenvalue weighted by Crippen LogP contribution is 2.53. The van der Waals surface area contributed by atoms with Crippen LogP contribution in [0.3, 0.4) is 0 Å². The highest BCUT2D eigenvalue weighted by Gasteiger charge is 2.48. The van der Waals surface area contributed by atoms with E-state index in [0.717, 1.165) is 21.9 Å². The van der Waals surface area contributed by atoms with Gasteiger partial charge in [-0.2, -0.15) is 0 Å². The van der Waals surface area contributed by atoms with Gasteiger partial charge in [0.25, 0.3) is 5.91 Å². The van der Waals surface area contributed by atoms with Crippen LogP contribution >= 0.6 is 46.8 Å². The Kier molecular flexibility index (Phi) is 4.62. The van der Waals surface area contributed by atoms with Gasteiger partial charge in [0.15, 0.2) is 5.11 Å². The number of hydrogen-bond donors (Lipinski definition) is 2. The molecule has 1 amide bonds. The van der Waals surface area contributed by atoms with Crippen LogP contribution in [0.15, 0.2) is 18.2 Å². The van der Waals surface area contributed by atoms with Crippen molar-refractivity contribution in [2.45, 2.75) is 38.1 Å². The number of thiocarbonyl (C=S) groups is 1. The molecule has 4 fully saturated rings. The lowest BCUT2D eigenvalue weighted by Crippen LogP contribution is -2.57. The summed E-state index contributed by atoms with van der Waals surface area (Å²) < 4.78 is 0.901. The maximum Gasteiger partial charge on any atom is 0.269 e. The molecule has 0 radical (unpaired) electrons. The number of carbonyl (C=O) groups is 1. The van der Waals surface area contributed by atoms with Crippen molar-refractivity contribution >= 4 is 67.9 Å². The van der Waals surface area contributed by atoms with E-state index in [1.807, 2.05) is 12.1 Å². The Morgan fingerprint density at radius 1 is 1.07 bits per heavy atom. The molecule has 7 heteroatoms. The smallest absolute Gasteiger partial charge is 0.269 e. The topological polar surface area (TPSA) is 41.1 Å². The summed E-state index contributed by atoms with van der Waals surface area (Å²) >= 11 is 19.3. The molecule has 1 aromatic carbocycles. The number of amides is 1. The maximum atomic E-state index is 12.7. The summed E-state index contributed by atoms with van der Waals surface area (Å²) in [7, 11) is 0. The van der Waals surface area contributed by atoms with E-state index in [2.05, 4.69) is 10.6 Å². The fourth-order valence-corrected chi connectivity index (χ4v) is 7.61. The average molecular weight is 439 g/mol. The number of carbonyl (C=O) groups excluding carboxylic acids is 1. The van der Waals surface area contributed by atoms with E-state index >= 15 is 0 Å². The average Bonchev–Trinajstić information content (AvgIpc) is 2.93. The summed E-state index contributed by atoms with van der Waals surface area (Å²) in [6, 6.07) is 5.86. The number of benzene rings is 1. The normalized spacial score (nSPS) is 31.3. The molecule has 4 aliphatic carbocycles. The van der Waals surface area contributed by atoms with Crippen molar-refractivity contribution < 1.29 is 4.79 Å². The molecule has 4 saturated carbocycles. The highest BCUT2D eigenvalue weighted by atomic mass is 35.5. The summed E-state index contributed by atoms with van der Waals surface area (Å²) in [4.78, 5) is 13.2. The van der Waals surface area contributed by atoms with Gasteiger partial charge in [-0.1, -0.05) is 29.3 Å². The Hall–Kier alpha value is -0.880. The second-order valence-corrected chi connectivity index (χ2v) is 10.5. The lowest BCUT2D eigenvalue weighted by molar-refractivity contribution is -0.00692. The summed E-state index contributed by atoms with van der Waals surface area (Å²) in [6.45, 7) is 0. The van der Waals surface area contributed by atoms with E-state index in [1.54, 1.807) is 6.07 Å². The van der Waals surface area contributed by atoms with Crippen LogP contribution in [0.1, 0.15) is 41.8 Å². The third kappa shape index (κ3) is 3.27. The van der Waals surface area contributed by atoms with E-state index in [9.17, 15) is 4.79 Å². The number of hydrogen-bond acceptors (Lipinski definition) is 3. The van der Waals surface area contributed by atoms with Crippen molar-refractivity contribution in [2.75, 3.05) is 0 Å². The molecule has 0 saturated heterocycles. The molecule has 6 rings (SSSR count). The van der Waals surface area contributed by atoms with Gasteiger partial charge in [0.1, 0.15) is 4.88 Å². The van der Waals surface area contributed by atoms with E-state index in [-0.39, 0.29) is 5.91 Å². The van der Waals surface area contributed by atoms with Crippen molar-refractivity contribution in [2.24, 2.45) is 23.7 Å². The molecule has 4 aliphatic rings. The lowest BCUT2D eigenvalue weighted by atomic mass is 9.54. The first-order chi connectivity index (χ1) is 13.0. The first-order valence-electron chi connectivity index (χ1n) is 9.47. The zero-order valence-electron chi connectivity index (χ0n) is 14.6. The number of nitrogens with one attached hydrogen (secondary N) is 2. The quantitative estimate of drug-likeness (QED) is 0.596. The predicted octanol–water partition coefficient (Wildman–Crippen LogP) is 5.64. The third-order valence-corrected chi connectivity index (χ3v) is 8.66. The molecule has 0 spiro atoms. The Bertz CT molecular complexity index is 913. The molecule has 4 bridgehead atoms. The van der Waals surface area contributed by atoms with Gasteiger partial charge in [0.05, 0.1) is 5.02 Å². The van der Waals surface area contributed by atoms with Crippen molar-refractivity contribution in [3.05, 3.63) is 33.1 Å². The van der Waals surface area contributed by atoms with Gasteiger partial charge in [0, 0.05) is 21.2 Å². The molecule has 0 unspecified atom stereocenters. The summed E-state index contributed by atoms with van der Waals surface area (Å²) in [5.74, 6) is 2.98. The Morgan fingerprint density at radius 3 is 2.41 bits per heavy atom. The molecule has 142 valence electrons.